The van der Waals surface area contributed by atoms with Gasteiger partial charge in [0.2, 0.25) is 5.95 Å². The van der Waals surface area contributed by atoms with Crippen molar-refractivity contribution in [3.8, 4) is 62.4 Å². The van der Waals surface area contributed by atoms with Crippen molar-refractivity contribution in [2.45, 2.75) is 6.92 Å². The molecule has 0 bridgehead atoms. The third kappa shape index (κ3) is 6.18. The Hall–Kier alpha value is -7.31. The fourth-order valence-corrected chi connectivity index (χ4v) is 10.6. The van der Waals surface area contributed by atoms with Crippen LogP contribution < -0.4 is 43.7 Å². The largest absolute Gasteiger partial charge is 0.509 e. The molecule has 0 unspecified atom stereocenters. The van der Waals surface area contributed by atoms with E-state index in [4.69, 9.17) is 15.0 Å². The second-order valence-corrected chi connectivity index (χ2v) is 18.0. The maximum atomic E-state index is 11.6. The first-order chi connectivity index (χ1) is 31.9. The van der Waals surface area contributed by atoms with Crippen molar-refractivity contribution in [3.63, 3.8) is 0 Å². The highest BCUT2D eigenvalue weighted by Gasteiger charge is 2.27. The molecule has 0 aliphatic carbocycles. The Labute approximate surface area is 391 Å². The van der Waals surface area contributed by atoms with E-state index in [-0.39, 0.29) is 0 Å². The van der Waals surface area contributed by atoms with Crippen LogP contribution in [0.1, 0.15) is 5.56 Å². The molecule has 1 N–H and O–H groups in total. The summed E-state index contributed by atoms with van der Waals surface area (Å²) in [4.78, 5) is 15.8. The number of rotatable bonds is 6. The van der Waals surface area contributed by atoms with E-state index in [0.29, 0.717) is 23.3 Å². The molecule has 0 saturated carbocycles. The van der Waals surface area contributed by atoms with Gasteiger partial charge in [0, 0.05) is 38.2 Å². The third-order valence-corrected chi connectivity index (χ3v) is 14.7. The number of nitrogens with zero attached hydrogens (tertiary/aromatic N) is 5. The molecule has 0 amide bonds. The van der Waals surface area contributed by atoms with Gasteiger partial charge in [-0.05, 0) is 47.3 Å². The van der Waals surface area contributed by atoms with Gasteiger partial charge in [-0.3, -0.25) is 4.57 Å². The molecule has 11 aromatic rings. The first kappa shape index (κ1) is 41.4. The number of aromatic nitrogens is 5. The van der Waals surface area contributed by atoms with Crippen LogP contribution in [-0.2, 0) is 0 Å². The van der Waals surface area contributed by atoms with Crippen LogP contribution in [0.5, 0.6) is 5.75 Å². The molecule has 3 heterocycles. The van der Waals surface area contributed by atoms with Crippen molar-refractivity contribution in [2.24, 2.45) is 0 Å². The summed E-state index contributed by atoms with van der Waals surface area (Å²) in [6.45, 7) is 2.25. The Morgan fingerprint density at radius 3 is 1.50 bits per heavy atom. The van der Waals surface area contributed by atoms with Gasteiger partial charge in [0.15, 0.2) is 11.6 Å². The smallest absolute Gasteiger partial charge is 0.238 e. The molecule has 6 nitrogen and oxygen atoms in total. The van der Waals surface area contributed by atoms with E-state index in [9.17, 15) is 5.11 Å². The van der Waals surface area contributed by atoms with E-state index in [1.165, 1.54) is 38.4 Å². The summed E-state index contributed by atoms with van der Waals surface area (Å²) >= 11 is 0. The number of para-hydroxylation sites is 2. The maximum Gasteiger partial charge on any atom is 0.238 e. The second kappa shape index (κ2) is 15.7. The van der Waals surface area contributed by atoms with Crippen LogP contribution in [0.4, 0.5) is 0 Å². The molecule has 0 saturated heterocycles. The highest BCUT2D eigenvalue weighted by molar-refractivity contribution is 6.63. The molecule has 0 aliphatic rings. The summed E-state index contributed by atoms with van der Waals surface area (Å²) in [5.74, 6) is 2.10. The fraction of sp³-hybridized carbons (Fsp3) is 0.0192. The van der Waals surface area contributed by atoms with Gasteiger partial charge in [-0.1, -0.05) is 160 Å². The number of phenols is 1. The normalized spacial score (nSPS) is 11.7. The van der Waals surface area contributed by atoms with Crippen LogP contribution in [0.25, 0.3) is 100 Å². The average Bonchev–Trinajstić information content (AvgIpc) is 3.88. The molecule has 0 atom stereocenters. The molecule has 11 rings (SSSR count). The first-order valence-corrected chi connectivity index (χ1v) is 22.8. The minimum atomic E-state index is 0.348. The highest BCUT2D eigenvalue weighted by atomic mass is 16.3. The van der Waals surface area contributed by atoms with Crippen molar-refractivity contribution in [3.05, 3.63) is 145 Å². The summed E-state index contributed by atoms with van der Waals surface area (Å²) in [6, 6.07) is 49.2. The lowest BCUT2D eigenvalue weighted by Gasteiger charge is -2.25. The van der Waals surface area contributed by atoms with Gasteiger partial charge in [0.25, 0.3) is 0 Å². The number of hydrogen-bond donors (Lipinski definition) is 1. The lowest BCUT2D eigenvalue weighted by molar-refractivity contribution is 0.484. The zero-order valence-electron chi connectivity index (χ0n) is 39.0. The molecule has 8 aromatic carbocycles. The van der Waals surface area contributed by atoms with E-state index in [1.807, 2.05) is 52.1 Å². The highest BCUT2D eigenvalue weighted by Crippen LogP contribution is 2.43. The lowest BCUT2D eigenvalue weighted by Crippen LogP contribution is -2.46. The fourth-order valence-electron chi connectivity index (χ4n) is 10.6. The predicted octanol–water partition coefficient (Wildman–Crippen LogP) is -1.18. The zero-order chi connectivity index (χ0) is 45.7. The Morgan fingerprint density at radius 1 is 0.409 bits per heavy atom. The standard InChI is InChI=1S/C52H43B8N5O/c1-25-39(53)38(42(56)44(58)40(25)54)33-21-20-28(37-41(55)45(59)46(60)49(66)43(37)57)24-36(33)64-34-18-10-8-16-29(34)31-22-23-32-30-17-9-11-19-35(30)65(48(32)47(31)64)52-62-50(26-12-4-2-5-13-26)61-51(63-52)27-14-6-3-7-15-27/h2-24,66H,53-60H2,1H3. The van der Waals surface area contributed by atoms with E-state index < -0.39 is 0 Å². The van der Waals surface area contributed by atoms with Crippen molar-refractivity contribution < 1.29 is 5.11 Å². The molecule has 0 fully saturated rings. The third-order valence-electron chi connectivity index (χ3n) is 14.7. The van der Waals surface area contributed by atoms with Crippen LogP contribution >= 0.6 is 0 Å². The summed E-state index contributed by atoms with van der Waals surface area (Å²) in [6.07, 6.45) is 0. The average molecular weight is 840 g/mol. The Balaban J connectivity index is 1.34. The maximum absolute atomic E-state index is 11.6. The number of benzene rings is 8. The number of aromatic hydroxyl groups is 1. The summed E-state index contributed by atoms with van der Waals surface area (Å²) < 4.78 is 4.76. The quantitative estimate of drug-likeness (QED) is 0.215. The minimum absolute atomic E-state index is 0.348. The van der Waals surface area contributed by atoms with Gasteiger partial charge < -0.3 is 9.67 Å². The summed E-state index contributed by atoms with van der Waals surface area (Å²) in [5, 5.41) is 16.0. The number of hydrogen-bond acceptors (Lipinski definition) is 4. The molecule has 14 heteroatoms. The predicted molar refractivity (Wildman–Crippen MR) is 302 cm³/mol. The Bertz CT molecular complexity index is 3720. The topological polar surface area (TPSA) is 68.8 Å². The molecule has 0 aliphatic heterocycles. The molecular formula is C52H43B8N5O. The van der Waals surface area contributed by atoms with Gasteiger partial charge in [-0.25, -0.2) is 4.98 Å². The van der Waals surface area contributed by atoms with Crippen LogP contribution in [0.2, 0.25) is 0 Å². The lowest BCUT2D eigenvalue weighted by atomic mass is 9.63. The molecule has 0 radical (unpaired) electrons. The molecule has 0 spiro atoms. The molecule has 306 valence electrons. The van der Waals surface area contributed by atoms with Gasteiger partial charge in [-0.15, -0.1) is 5.46 Å². The van der Waals surface area contributed by atoms with Crippen LogP contribution in [0.15, 0.2) is 140 Å². The van der Waals surface area contributed by atoms with E-state index >= 15 is 0 Å². The van der Waals surface area contributed by atoms with Crippen LogP contribution in [0, 0.1) is 6.92 Å². The molecular weight excluding hydrogens is 797 g/mol. The van der Waals surface area contributed by atoms with Gasteiger partial charge in [0.05, 0.1) is 27.8 Å². The van der Waals surface area contributed by atoms with Gasteiger partial charge >= 0.3 is 0 Å². The minimum Gasteiger partial charge on any atom is -0.509 e. The van der Waals surface area contributed by atoms with Crippen molar-refractivity contribution in [1.82, 2.24) is 24.1 Å². The Kier molecular flexibility index (Phi) is 9.84. The first-order valence-electron chi connectivity index (χ1n) is 22.8. The van der Waals surface area contributed by atoms with Crippen LogP contribution in [-0.4, -0.2) is 92.0 Å². The van der Waals surface area contributed by atoms with Crippen molar-refractivity contribution in [1.29, 1.82) is 0 Å². The molecule has 3 aromatic heterocycles. The number of fused-ring (bicyclic) bond motifs is 7. The van der Waals surface area contributed by atoms with Gasteiger partial charge in [0.1, 0.15) is 68.5 Å². The summed E-state index contributed by atoms with van der Waals surface area (Å²) in [7, 11) is 17.4. The van der Waals surface area contributed by atoms with E-state index in [2.05, 4.69) is 166 Å². The van der Waals surface area contributed by atoms with E-state index in [0.717, 1.165) is 93.5 Å². The van der Waals surface area contributed by atoms with Crippen molar-refractivity contribution >= 4 is 150 Å². The van der Waals surface area contributed by atoms with Crippen LogP contribution in [0.3, 0.4) is 0 Å². The SMILES string of the molecule is Bc1c(B)c(O)c(B)c(-c2ccc(-c3c(B)c(B)c(B)c(C)c3B)c(-n3c4ccccc4c4ccc5c6ccccc6n(-c6nc(-c7ccccc7)nc(-c7ccccc7)n6)c5c43)c2)c1B. The molecule has 66 heavy (non-hydrogen) atoms. The number of phenolic OH excluding ortho intramolecular Hbond substituents is 1. The second-order valence-electron chi connectivity index (χ2n) is 18.0. The van der Waals surface area contributed by atoms with Gasteiger partial charge in [-0.2, -0.15) is 9.97 Å². The van der Waals surface area contributed by atoms with E-state index in [1.54, 1.807) is 0 Å². The monoisotopic (exact) mass is 841 g/mol. The Morgan fingerprint density at radius 2 is 0.909 bits per heavy atom. The summed E-state index contributed by atoms with van der Waals surface area (Å²) in [5.41, 5.74) is 22.1. The van der Waals surface area contributed by atoms with Crippen molar-refractivity contribution in [2.75, 3.05) is 0 Å². The zero-order valence-corrected chi connectivity index (χ0v) is 39.0.